The molecule has 2 amide bonds. The van der Waals surface area contributed by atoms with Crippen LogP contribution in [0, 0.1) is 0 Å². The molecule has 0 unspecified atom stereocenters. The molecule has 22 heavy (non-hydrogen) atoms. The number of hydrogen-bond donors (Lipinski definition) is 2. The fourth-order valence-corrected chi connectivity index (χ4v) is 2.82. The summed E-state index contributed by atoms with van der Waals surface area (Å²) in [4.78, 5) is 24.0. The molecule has 6 heteroatoms. The molecule has 0 radical (unpaired) electrons. The van der Waals surface area contributed by atoms with Crippen LogP contribution in [0.2, 0.25) is 0 Å². The van der Waals surface area contributed by atoms with Gasteiger partial charge in [0, 0.05) is 10.6 Å². The van der Waals surface area contributed by atoms with Crippen LogP contribution >= 0.6 is 23.4 Å². The van der Waals surface area contributed by atoms with Gasteiger partial charge in [0.1, 0.15) is 5.88 Å². The summed E-state index contributed by atoms with van der Waals surface area (Å²) < 4.78 is 0. The Balaban J connectivity index is 2.03. The number of alkyl halides is 1. The van der Waals surface area contributed by atoms with Crippen molar-refractivity contribution >= 4 is 35.2 Å². The number of hydrogen-bond acceptors (Lipinski definition) is 3. The maximum Gasteiger partial charge on any atom is 0.270 e. The minimum absolute atomic E-state index is 0.204. The van der Waals surface area contributed by atoms with Crippen molar-refractivity contribution in [2.24, 2.45) is 0 Å². The highest BCUT2D eigenvalue weighted by atomic mass is 35.5. The summed E-state index contributed by atoms with van der Waals surface area (Å²) in [6.45, 7) is 0. The second-order valence-electron chi connectivity index (χ2n) is 4.41. The Kier molecular flexibility index (Phi) is 6.30. The Morgan fingerprint density at radius 3 is 2.36 bits per heavy atom. The smallest absolute Gasteiger partial charge is 0.270 e. The summed E-state index contributed by atoms with van der Waals surface area (Å²) in [5.41, 5.74) is 6.30. The Morgan fingerprint density at radius 2 is 1.64 bits per heavy atom. The van der Waals surface area contributed by atoms with Crippen LogP contribution in [0.15, 0.2) is 59.5 Å². The van der Waals surface area contributed by atoms with Crippen molar-refractivity contribution < 1.29 is 9.59 Å². The molecule has 0 spiro atoms. The van der Waals surface area contributed by atoms with Crippen LogP contribution in [-0.2, 0) is 10.5 Å². The van der Waals surface area contributed by atoms with Crippen LogP contribution in [-0.4, -0.2) is 17.7 Å². The number of rotatable bonds is 5. The molecule has 2 N–H and O–H groups in total. The molecule has 0 fully saturated rings. The second kappa shape index (κ2) is 8.46. The Labute approximate surface area is 138 Å². The van der Waals surface area contributed by atoms with Gasteiger partial charge < -0.3 is 0 Å². The lowest BCUT2D eigenvalue weighted by Crippen LogP contribution is -2.42. The van der Waals surface area contributed by atoms with Crippen molar-refractivity contribution in [3.8, 4) is 0 Å². The normalized spacial score (nSPS) is 10.0. The van der Waals surface area contributed by atoms with Crippen molar-refractivity contribution in [1.29, 1.82) is 0 Å². The van der Waals surface area contributed by atoms with E-state index in [4.69, 9.17) is 11.6 Å². The Bertz CT molecular complexity index is 650. The molecule has 2 rings (SSSR count). The highest BCUT2D eigenvalue weighted by Crippen LogP contribution is 2.26. The molecule has 0 bridgehead atoms. The van der Waals surface area contributed by atoms with E-state index in [0.29, 0.717) is 5.56 Å². The van der Waals surface area contributed by atoms with Crippen LogP contribution in [0.3, 0.4) is 0 Å². The number of carbonyl (C=O) groups excluding carboxylic acids is 2. The van der Waals surface area contributed by atoms with E-state index >= 15 is 0 Å². The molecule has 2 aromatic rings. The molecular formula is C16H15ClN2O2S. The first-order valence-corrected chi connectivity index (χ1v) is 8.13. The maximum atomic E-state index is 12.1. The molecule has 0 aromatic heterocycles. The van der Waals surface area contributed by atoms with E-state index in [1.807, 2.05) is 42.5 Å². The molecule has 4 nitrogen and oxygen atoms in total. The lowest BCUT2D eigenvalue weighted by atomic mass is 10.2. The number of nitrogens with one attached hydrogen (secondary N) is 2. The van der Waals surface area contributed by atoms with Crippen molar-refractivity contribution in [2.45, 2.75) is 10.6 Å². The van der Waals surface area contributed by atoms with Gasteiger partial charge >= 0.3 is 0 Å². The first kappa shape index (κ1) is 16.4. The molecule has 0 saturated carbocycles. The molecule has 2 aromatic carbocycles. The van der Waals surface area contributed by atoms with Gasteiger partial charge in [-0.2, -0.15) is 0 Å². The fraction of sp³-hybridized carbons (Fsp3) is 0.125. The van der Waals surface area contributed by atoms with Gasteiger partial charge in [-0.25, -0.2) is 0 Å². The highest BCUT2D eigenvalue weighted by molar-refractivity contribution is 7.98. The van der Waals surface area contributed by atoms with Crippen LogP contribution in [0.4, 0.5) is 0 Å². The summed E-state index contributed by atoms with van der Waals surface area (Å²) in [5.74, 6) is -0.261. The number of halogens is 1. The van der Waals surface area contributed by atoms with E-state index in [9.17, 15) is 9.59 Å². The van der Waals surface area contributed by atoms with E-state index in [1.165, 1.54) is 5.56 Å². The third-order valence-corrected chi connectivity index (χ3v) is 4.19. The van der Waals surface area contributed by atoms with E-state index < -0.39 is 5.91 Å². The standard InChI is InChI=1S/C16H15ClN2O2S/c17-10-15(20)18-19-16(21)13-8-4-5-9-14(13)22-11-12-6-2-1-3-7-12/h1-9H,10-11H2,(H,18,20)(H,19,21). The predicted octanol–water partition coefficient (Wildman–Crippen LogP) is 2.98. The van der Waals surface area contributed by atoms with Crippen molar-refractivity contribution in [1.82, 2.24) is 10.9 Å². The zero-order valence-electron chi connectivity index (χ0n) is 11.7. The lowest BCUT2D eigenvalue weighted by Gasteiger charge is -2.10. The quantitative estimate of drug-likeness (QED) is 0.502. The van der Waals surface area contributed by atoms with Gasteiger partial charge in [0.15, 0.2) is 0 Å². The first-order chi connectivity index (χ1) is 10.7. The topological polar surface area (TPSA) is 58.2 Å². The average molecular weight is 335 g/mol. The number of carbonyl (C=O) groups is 2. The zero-order chi connectivity index (χ0) is 15.8. The van der Waals surface area contributed by atoms with Crippen LogP contribution in [0.5, 0.6) is 0 Å². The first-order valence-electron chi connectivity index (χ1n) is 6.61. The van der Waals surface area contributed by atoms with Gasteiger partial charge in [-0.3, -0.25) is 20.4 Å². The van der Waals surface area contributed by atoms with Gasteiger partial charge in [0.2, 0.25) is 0 Å². The molecule has 0 aliphatic carbocycles. The maximum absolute atomic E-state index is 12.1. The SMILES string of the molecule is O=C(CCl)NNC(=O)c1ccccc1SCc1ccccc1. The minimum atomic E-state index is -0.454. The number of thioether (sulfide) groups is 1. The van der Waals surface area contributed by atoms with Crippen molar-refractivity contribution in [3.63, 3.8) is 0 Å². The largest absolute Gasteiger partial charge is 0.272 e. The number of benzene rings is 2. The molecular weight excluding hydrogens is 320 g/mol. The highest BCUT2D eigenvalue weighted by Gasteiger charge is 2.12. The van der Waals surface area contributed by atoms with Gasteiger partial charge in [0.05, 0.1) is 5.56 Å². The summed E-state index contributed by atoms with van der Waals surface area (Å²) in [6, 6.07) is 17.3. The lowest BCUT2D eigenvalue weighted by molar-refractivity contribution is -0.119. The number of hydrazine groups is 1. The van der Waals surface area contributed by atoms with E-state index in [0.717, 1.165) is 10.6 Å². The van der Waals surface area contributed by atoms with Crippen LogP contribution in [0.1, 0.15) is 15.9 Å². The summed E-state index contributed by atoms with van der Waals surface area (Å²) in [6.07, 6.45) is 0. The molecule has 0 saturated heterocycles. The van der Waals surface area contributed by atoms with Crippen molar-refractivity contribution in [3.05, 3.63) is 65.7 Å². The molecule has 0 atom stereocenters. The van der Waals surface area contributed by atoms with Gasteiger partial charge in [-0.15, -0.1) is 23.4 Å². The van der Waals surface area contributed by atoms with Crippen LogP contribution in [0.25, 0.3) is 0 Å². The van der Waals surface area contributed by atoms with Crippen molar-refractivity contribution in [2.75, 3.05) is 5.88 Å². The average Bonchev–Trinajstić information content (AvgIpc) is 2.58. The predicted molar refractivity (Wildman–Crippen MR) is 88.8 cm³/mol. The number of amides is 2. The van der Waals surface area contributed by atoms with Gasteiger partial charge in [0.25, 0.3) is 11.8 Å². The zero-order valence-corrected chi connectivity index (χ0v) is 13.3. The van der Waals surface area contributed by atoms with E-state index in [1.54, 1.807) is 23.9 Å². The molecule has 0 aliphatic rings. The second-order valence-corrected chi connectivity index (χ2v) is 5.69. The van der Waals surface area contributed by atoms with E-state index in [2.05, 4.69) is 10.9 Å². The van der Waals surface area contributed by atoms with Crippen LogP contribution < -0.4 is 10.9 Å². The molecule has 0 heterocycles. The monoisotopic (exact) mass is 334 g/mol. The molecule has 0 aliphatic heterocycles. The fourth-order valence-electron chi connectivity index (χ4n) is 1.74. The van der Waals surface area contributed by atoms with Gasteiger partial charge in [-0.1, -0.05) is 42.5 Å². The molecule has 114 valence electrons. The summed E-state index contributed by atoms with van der Waals surface area (Å²) in [5, 5.41) is 0. The van der Waals surface area contributed by atoms with E-state index in [-0.39, 0.29) is 11.8 Å². The summed E-state index contributed by atoms with van der Waals surface area (Å²) in [7, 11) is 0. The Hall–Kier alpha value is -1.98. The third kappa shape index (κ3) is 4.79. The third-order valence-electron chi connectivity index (χ3n) is 2.81. The Morgan fingerprint density at radius 1 is 0.955 bits per heavy atom. The summed E-state index contributed by atoms with van der Waals surface area (Å²) >= 11 is 6.93. The van der Waals surface area contributed by atoms with Gasteiger partial charge in [-0.05, 0) is 17.7 Å². The minimum Gasteiger partial charge on any atom is -0.272 e.